The van der Waals surface area contributed by atoms with Gasteiger partial charge in [0.2, 0.25) is 11.8 Å². The number of thiophene rings is 2. The molecule has 2 saturated carbocycles. The summed E-state index contributed by atoms with van der Waals surface area (Å²) in [5.41, 5.74) is 19.3. The summed E-state index contributed by atoms with van der Waals surface area (Å²) in [6.45, 7) is 16.4. The molecule has 0 spiro atoms. The third-order valence-electron chi connectivity index (χ3n) is 19.4. The normalized spacial score (nSPS) is 21.2. The van der Waals surface area contributed by atoms with E-state index in [0.29, 0.717) is 71.5 Å². The summed E-state index contributed by atoms with van der Waals surface area (Å²) in [7, 11) is -0.708. The van der Waals surface area contributed by atoms with Crippen LogP contribution >= 0.6 is 38.6 Å². The smallest absolute Gasteiger partial charge is 0.399 e. The Labute approximate surface area is 553 Å². The molecule has 0 bridgehead atoms. The maximum atomic E-state index is 15.5. The lowest BCUT2D eigenvalue weighted by atomic mass is 9.78. The lowest BCUT2D eigenvalue weighted by Crippen LogP contribution is -2.41. The van der Waals surface area contributed by atoms with E-state index in [1.165, 1.54) is 33.0 Å². The first-order valence-electron chi connectivity index (χ1n) is 31.3. The second-order valence-electron chi connectivity index (χ2n) is 26.2. The van der Waals surface area contributed by atoms with Gasteiger partial charge in [-0.2, -0.15) is 10.2 Å². The van der Waals surface area contributed by atoms with Gasteiger partial charge in [0.05, 0.1) is 29.0 Å². The number of carbonyl (C=O) groups excluding carboxylic acids is 4. The molecule has 5 fully saturated rings. The molecular formula is C68H82BBrF2N12O6S2. The minimum Gasteiger partial charge on any atom is -0.399 e. The topological polar surface area (TPSA) is 212 Å². The number of nitrogens with two attached hydrogens (primary N) is 2. The maximum Gasteiger partial charge on any atom is 0.497 e. The van der Waals surface area contributed by atoms with Crippen LogP contribution in [0.1, 0.15) is 185 Å². The highest BCUT2D eigenvalue weighted by atomic mass is 79.9. The molecule has 8 aromatic rings. The van der Waals surface area contributed by atoms with Crippen LogP contribution in [0.5, 0.6) is 0 Å². The molecule has 4 amide bonds. The minimum absolute atomic E-state index is 0. The number of rotatable bonds is 12. The molecule has 5 aliphatic heterocycles. The molecule has 4 N–H and O–H groups in total. The number of anilines is 2. The summed E-state index contributed by atoms with van der Waals surface area (Å²) in [6.07, 6.45) is 8.66. The van der Waals surface area contributed by atoms with E-state index in [2.05, 4.69) is 72.6 Å². The fourth-order valence-electron chi connectivity index (χ4n) is 13.3. The van der Waals surface area contributed by atoms with E-state index >= 15 is 4.39 Å². The van der Waals surface area contributed by atoms with Crippen molar-refractivity contribution in [3.63, 3.8) is 0 Å². The van der Waals surface area contributed by atoms with Crippen molar-refractivity contribution in [3.8, 4) is 11.3 Å². The monoisotopic (exact) mass is 1350 g/mol. The number of fused-ring (bicyclic) bond motifs is 4. The van der Waals surface area contributed by atoms with Gasteiger partial charge in [0.1, 0.15) is 27.6 Å². The highest BCUT2D eigenvalue weighted by Gasteiger charge is 2.52. The highest BCUT2D eigenvalue weighted by molar-refractivity contribution is 9.10. The molecule has 4 atom stereocenters. The molecule has 11 heterocycles. The molecule has 2 aromatic carbocycles. The number of primary amides is 2. The SMILES string of the molecule is C.C.CC1(C)OB(c2ccc(N3CCC(CC(N)=O)C3)cc2F)OC1(C)C.C[C@@H]1c2ccsc2CCN1C(=O)c1cc(C2CC2)n2nc(-c3ccc(N4CCC(CC(N)=O)C4)cc3F)cc2n1.C[C@@H]1c2ccsc2CCN1C(=O)c1cc(C2CC2)n2nc(Br)cc2n1. The lowest BCUT2D eigenvalue weighted by Gasteiger charge is -2.33. The molecule has 15 rings (SSSR count). The Balaban J connectivity index is 0.000000146. The van der Waals surface area contributed by atoms with Gasteiger partial charge >= 0.3 is 7.12 Å². The Morgan fingerprint density at radius 2 is 1.09 bits per heavy atom. The quantitative estimate of drug-likeness (QED) is 0.109. The zero-order valence-electron chi connectivity index (χ0n) is 51.5. The fourth-order valence-corrected chi connectivity index (χ4v) is 15.6. The molecule has 18 nitrogen and oxygen atoms in total. The molecule has 2 unspecified atom stereocenters. The fraction of sp³-hybridized carbons (Fsp3) is 0.471. The van der Waals surface area contributed by atoms with Crippen LogP contribution in [-0.4, -0.2) is 120 Å². The number of carbonyl (C=O) groups is 4. The number of hydrogen-bond acceptors (Lipinski definition) is 14. The first-order valence-corrected chi connectivity index (χ1v) is 33.8. The Bertz CT molecular complexity index is 4090. The van der Waals surface area contributed by atoms with E-state index in [-0.39, 0.29) is 74.0 Å². The zero-order valence-corrected chi connectivity index (χ0v) is 54.7. The summed E-state index contributed by atoms with van der Waals surface area (Å²) in [5, 5.41) is 13.4. The summed E-state index contributed by atoms with van der Waals surface area (Å²) < 4.78 is 46.4. The highest BCUT2D eigenvalue weighted by Crippen LogP contribution is 2.44. The molecule has 0 radical (unpaired) electrons. The Morgan fingerprint density at radius 1 is 0.620 bits per heavy atom. The second-order valence-corrected chi connectivity index (χ2v) is 29.0. The predicted molar refractivity (Wildman–Crippen MR) is 362 cm³/mol. The minimum atomic E-state index is -0.708. The van der Waals surface area contributed by atoms with E-state index in [4.69, 9.17) is 30.9 Å². The molecule has 486 valence electrons. The van der Waals surface area contributed by atoms with Crippen molar-refractivity contribution in [1.29, 1.82) is 0 Å². The summed E-state index contributed by atoms with van der Waals surface area (Å²) in [5.74, 6) is -0.0923. The first-order chi connectivity index (χ1) is 43.1. The van der Waals surface area contributed by atoms with Gasteiger partial charge in [-0.15, -0.1) is 22.7 Å². The Morgan fingerprint density at radius 3 is 1.55 bits per heavy atom. The molecule has 6 aromatic heterocycles. The molecule has 2 aliphatic carbocycles. The Kier molecular flexibility index (Phi) is 19.0. The molecule has 3 saturated heterocycles. The van der Waals surface area contributed by atoms with Crippen LogP contribution in [0.3, 0.4) is 0 Å². The third-order valence-corrected chi connectivity index (χ3v) is 21.8. The van der Waals surface area contributed by atoms with Gasteiger partial charge < -0.3 is 40.4 Å². The predicted octanol–water partition coefficient (Wildman–Crippen LogP) is 12.2. The van der Waals surface area contributed by atoms with Gasteiger partial charge in [-0.05, 0) is 197 Å². The van der Waals surface area contributed by atoms with E-state index in [9.17, 15) is 23.6 Å². The largest absolute Gasteiger partial charge is 0.497 e. The van der Waals surface area contributed by atoms with Crippen molar-refractivity contribution in [1.82, 2.24) is 39.0 Å². The van der Waals surface area contributed by atoms with E-state index < -0.39 is 18.3 Å². The summed E-state index contributed by atoms with van der Waals surface area (Å²) in [4.78, 5) is 69.4. The molecular weight excluding hydrogens is 1270 g/mol. The van der Waals surface area contributed by atoms with E-state index in [1.807, 2.05) is 72.3 Å². The molecule has 92 heavy (non-hydrogen) atoms. The van der Waals surface area contributed by atoms with Crippen molar-refractivity contribution in [2.75, 3.05) is 49.1 Å². The van der Waals surface area contributed by atoms with Gasteiger partial charge in [0, 0.05) is 120 Å². The van der Waals surface area contributed by atoms with Crippen molar-refractivity contribution < 1.29 is 37.3 Å². The third kappa shape index (κ3) is 13.4. The molecule has 24 heteroatoms. The number of halogens is 3. The first kappa shape index (κ1) is 66.3. The average Bonchev–Trinajstić information content (AvgIpc) is 1.59. The van der Waals surface area contributed by atoms with Crippen LogP contribution in [0.4, 0.5) is 20.2 Å². The standard InChI is InChI=1S/C30H31FN6O2S.C18H26BFN2O3.C18H17BrN4OS.2CH4/c1-17-21-8-11-40-27(21)7-10-36(17)30(39)25-14-26(19-2-3-19)37-29(33-25)15-24(34-37)22-5-4-20(13-23(22)31)35-9-6-18(16-35)12-28(32)38;1-17(2)18(3,4)25-19(24-17)14-6-5-13(10-15(14)20)22-8-7-12(11-22)9-16(21)23;1-10-12-5-7-25-15(12)4-6-22(10)18(24)13-8-14(11-2-3-11)23-17(20-13)9-16(19)21-23;;/h4-5,8,11,13-15,17-19H,2-3,6-7,9-10,12,16H2,1H3,(H2,32,38);5-6,10,12H,7-9,11H2,1-4H3,(H2,21,23);5,7-11H,2-4,6H2,1H3;2*1H4/t17-,18?;;10-;;/m1.1../s1. The number of benzene rings is 2. The zero-order chi connectivity index (χ0) is 63.1. The van der Waals surface area contributed by atoms with Gasteiger partial charge in [0.25, 0.3) is 11.8 Å². The van der Waals surface area contributed by atoms with Crippen LogP contribution in [0.2, 0.25) is 0 Å². The average molecular weight is 1360 g/mol. The van der Waals surface area contributed by atoms with Crippen LogP contribution in [0, 0.1) is 23.5 Å². The number of amides is 4. The van der Waals surface area contributed by atoms with Gasteiger partial charge in [-0.25, -0.2) is 27.8 Å². The van der Waals surface area contributed by atoms with Crippen LogP contribution in [-0.2, 0) is 31.7 Å². The van der Waals surface area contributed by atoms with Gasteiger partial charge in [-0.3, -0.25) is 19.2 Å². The van der Waals surface area contributed by atoms with Crippen molar-refractivity contribution >= 4 is 97.5 Å². The van der Waals surface area contributed by atoms with Crippen molar-refractivity contribution in [2.45, 2.75) is 156 Å². The summed E-state index contributed by atoms with van der Waals surface area (Å²) >= 11 is 6.96. The molecule has 7 aliphatic rings. The number of hydrogen-bond donors (Lipinski definition) is 2. The van der Waals surface area contributed by atoms with Crippen molar-refractivity contribution in [2.24, 2.45) is 23.3 Å². The maximum absolute atomic E-state index is 15.5. The number of aromatic nitrogens is 6. The van der Waals surface area contributed by atoms with Gasteiger partial charge in [0.15, 0.2) is 11.3 Å². The van der Waals surface area contributed by atoms with Crippen LogP contribution < -0.4 is 26.7 Å². The van der Waals surface area contributed by atoms with E-state index in [0.717, 1.165) is 111 Å². The second kappa shape index (κ2) is 26.4. The van der Waals surface area contributed by atoms with Crippen molar-refractivity contribution in [3.05, 3.63) is 143 Å². The van der Waals surface area contributed by atoms with Crippen LogP contribution in [0.25, 0.3) is 22.6 Å². The number of nitrogens with zero attached hydrogens (tertiary/aromatic N) is 10. The summed E-state index contributed by atoms with van der Waals surface area (Å²) in [6, 6.07) is 22.2. The Hall–Kier alpha value is -7.12. The van der Waals surface area contributed by atoms with Gasteiger partial charge in [-0.1, -0.05) is 20.9 Å². The lowest BCUT2D eigenvalue weighted by molar-refractivity contribution is -0.119. The van der Waals surface area contributed by atoms with Crippen LogP contribution in [0.15, 0.2) is 88.2 Å². The van der Waals surface area contributed by atoms with E-state index in [1.54, 1.807) is 45.4 Å².